The normalized spacial score (nSPS) is 17.1. The Hall–Kier alpha value is -2.44. The molecule has 2 N–H and O–H groups in total. The summed E-state index contributed by atoms with van der Waals surface area (Å²) in [5.74, 6) is -1.37. The molecule has 2 aromatic rings. The molecule has 158 valence electrons. The lowest BCUT2D eigenvalue weighted by Gasteiger charge is -2.37. The van der Waals surface area contributed by atoms with Gasteiger partial charge in [0.2, 0.25) is 0 Å². The minimum Gasteiger partial charge on any atom is -0.388 e. The second-order valence-corrected chi connectivity index (χ2v) is 9.12. The molecule has 0 spiro atoms. The van der Waals surface area contributed by atoms with Crippen LogP contribution in [0.15, 0.2) is 30.3 Å². The predicted molar refractivity (Wildman–Crippen MR) is 113 cm³/mol. The standard InChI is InChI=1S/C23H24ClFN2O3/c1-12-7-10-15(24)18(19(12)25)21(28)26-16-6-4-5-14-11-27(22(29)17(14)16)20(13-8-9-13)23(2,3)30/h4-7,10,13,20,30H,8-9,11H2,1-3H3,(H,26,28). The molecule has 1 fully saturated rings. The van der Waals surface area contributed by atoms with Crippen molar-refractivity contribution in [3.63, 3.8) is 0 Å². The van der Waals surface area contributed by atoms with Gasteiger partial charge in [0.05, 0.1) is 33.5 Å². The van der Waals surface area contributed by atoms with Gasteiger partial charge in [-0.3, -0.25) is 9.59 Å². The van der Waals surface area contributed by atoms with E-state index in [-0.39, 0.29) is 28.5 Å². The van der Waals surface area contributed by atoms with Crippen molar-refractivity contribution >= 4 is 29.1 Å². The second-order valence-electron chi connectivity index (χ2n) is 8.72. The average Bonchev–Trinajstić information content (AvgIpc) is 3.42. The highest BCUT2D eigenvalue weighted by Crippen LogP contribution is 2.43. The monoisotopic (exact) mass is 430 g/mol. The Morgan fingerprint density at radius 1 is 1.30 bits per heavy atom. The van der Waals surface area contributed by atoms with Crippen LogP contribution in [0, 0.1) is 18.7 Å². The van der Waals surface area contributed by atoms with E-state index in [2.05, 4.69) is 5.32 Å². The first-order valence-electron chi connectivity index (χ1n) is 10.0. The zero-order valence-electron chi connectivity index (χ0n) is 17.1. The Bertz CT molecular complexity index is 1040. The molecule has 0 aromatic heterocycles. The van der Waals surface area contributed by atoms with E-state index in [1.165, 1.54) is 12.1 Å². The van der Waals surface area contributed by atoms with Crippen LogP contribution in [0.1, 0.15) is 58.5 Å². The van der Waals surface area contributed by atoms with E-state index < -0.39 is 17.3 Å². The first-order chi connectivity index (χ1) is 14.1. The highest BCUT2D eigenvalue weighted by Gasteiger charge is 2.48. The number of benzene rings is 2. The molecule has 30 heavy (non-hydrogen) atoms. The van der Waals surface area contributed by atoms with Crippen molar-refractivity contribution < 1.29 is 19.1 Å². The number of rotatable bonds is 5. The number of hydrogen-bond donors (Lipinski definition) is 2. The summed E-state index contributed by atoms with van der Waals surface area (Å²) in [6.45, 7) is 5.36. The van der Waals surface area contributed by atoms with Crippen molar-refractivity contribution in [2.24, 2.45) is 5.92 Å². The van der Waals surface area contributed by atoms with E-state index in [0.29, 0.717) is 23.4 Å². The number of amides is 2. The summed E-state index contributed by atoms with van der Waals surface area (Å²) in [4.78, 5) is 27.8. The Balaban J connectivity index is 1.66. The third kappa shape index (κ3) is 3.59. The van der Waals surface area contributed by atoms with E-state index in [9.17, 15) is 19.1 Å². The molecule has 2 aromatic carbocycles. The zero-order chi connectivity index (χ0) is 21.8. The Kier molecular flexibility index (Phi) is 5.11. The fraction of sp³-hybridized carbons (Fsp3) is 0.391. The number of hydrogen-bond acceptors (Lipinski definition) is 3. The third-order valence-electron chi connectivity index (χ3n) is 5.85. The maximum absolute atomic E-state index is 14.5. The van der Waals surface area contributed by atoms with Crippen molar-refractivity contribution in [3.05, 3.63) is 63.4 Å². The lowest BCUT2D eigenvalue weighted by molar-refractivity contribution is -0.0224. The molecule has 7 heteroatoms. The van der Waals surface area contributed by atoms with Crippen LogP contribution in [0.4, 0.5) is 10.1 Å². The van der Waals surface area contributed by atoms with Crippen molar-refractivity contribution in [3.8, 4) is 0 Å². The number of halogens is 2. The highest BCUT2D eigenvalue weighted by molar-refractivity contribution is 6.34. The minimum atomic E-state index is -1.04. The molecule has 4 rings (SSSR count). The molecule has 0 bridgehead atoms. The molecule has 1 aliphatic carbocycles. The molecule has 0 saturated heterocycles. The molecule has 1 atom stereocenters. The fourth-order valence-corrected chi connectivity index (χ4v) is 4.62. The zero-order valence-corrected chi connectivity index (χ0v) is 17.9. The van der Waals surface area contributed by atoms with Crippen LogP contribution < -0.4 is 5.32 Å². The van der Waals surface area contributed by atoms with Gasteiger partial charge in [0.25, 0.3) is 11.8 Å². The first kappa shape index (κ1) is 20.8. The number of aliphatic hydroxyl groups is 1. The average molecular weight is 431 g/mol. The van der Waals surface area contributed by atoms with Crippen LogP contribution in [-0.4, -0.2) is 33.5 Å². The molecule has 0 radical (unpaired) electrons. The molecule has 1 saturated carbocycles. The van der Waals surface area contributed by atoms with Crippen LogP contribution in [0.2, 0.25) is 5.02 Å². The highest BCUT2D eigenvalue weighted by atomic mass is 35.5. The van der Waals surface area contributed by atoms with Crippen LogP contribution in [0.3, 0.4) is 0 Å². The van der Waals surface area contributed by atoms with Gasteiger partial charge in [-0.15, -0.1) is 0 Å². The van der Waals surface area contributed by atoms with Gasteiger partial charge in [-0.05, 0) is 62.8 Å². The molecule has 5 nitrogen and oxygen atoms in total. The van der Waals surface area contributed by atoms with E-state index in [0.717, 1.165) is 18.4 Å². The second kappa shape index (κ2) is 7.36. The third-order valence-corrected chi connectivity index (χ3v) is 6.17. The van der Waals surface area contributed by atoms with E-state index in [1.807, 2.05) is 6.07 Å². The summed E-state index contributed by atoms with van der Waals surface area (Å²) < 4.78 is 14.5. The van der Waals surface area contributed by atoms with Gasteiger partial charge in [-0.1, -0.05) is 29.8 Å². The Morgan fingerprint density at radius 3 is 2.63 bits per heavy atom. The molecular weight excluding hydrogens is 407 g/mol. The SMILES string of the molecule is Cc1ccc(Cl)c(C(=O)Nc2cccc3c2C(=O)N(C(C2CC2)C(C)(C)O)C3)c1F. The quantitative estimate of drug-likeness (QED) is 0.731. The molecule has 1 unspecified atom stereocenters. The van der Waals surface area contributed by atoms with E-state index in [1.54, 1.807) is 37.8 Å². The molecule has 2 aliphatic rings. The van der Waals surface area contributed by atoms with Crippen LogP contribution in [0.5, 0.6) is 0 Å². The summed E-state index contributed by atoms with van der Waals surface area (Å²) in [6.07, 6.45) is 1.95. The minimum absolute atomic E-state index is 0.00644. The summed E-state index contributed by atoms with van der Waals surface area (Å²) in [5.41, 5.74) is 0.479. The lowest BCUT2D eigenvalue weighted by Crippen LogP contribution is -2.51. The van der Waals surface area contributed by atoms with E-state index in [4.69, 9.17) is 11.6 Å². The Labute approximate surface area is 179 Å². The summed E-state index contributed by atoms with van der Waals surface area (Å²) in [5, 5.41) is 13.3. The summed E-state index contributed by atoms with van der Waals surface area (Å²) in [6, 6.07) is 7.87. The smallest absolute Gasteiger partial charge is 0.260 e. The number of anilines is 1. The van der Waals surface area contributed by atoms with Crippen LogP contribution in [-0.2, 0) is 6.54 Å². The number of fused-ring (bicyclic) bond motifs is 1. The van der Waals surface area contributed by atoms with Crippen LogP contribution in [0.25, 0.3) is 0 Å². The number of carbonyl (C=O) groups is 2. The molecule has 1 heterocycles. The van der Waals surface area contributed by atoms with Crippen molar-refractivity contribution in [2.75, 3.05) is 5.32 Å². The van der Waals surface area contributed by atoms with Gasteiger partial charge in [0.15, 0.2) is 0 Å². The van der Waals surface area contributed by atoms with Crippen molar-refractivity contribution in [1.82, 2.24) is 4.90 Å². The maximum Gasteiger partial charge on any atom is 0.260 e. The first-order valence-corrected chi connectivity index (χ1v) is 10.4. The van der Waals surface area contributed by atoms with Crippen molar-refractivity contribution in [2.45, 2.75) is 51.8 Å². The molecular formula is C23H24ClFN2O3. The van der Waals surface area contributed by atoms with Gasteiger partial charge < -0.3 is 15.3 Å². The fourth-order valence-electron chi connectivity index (χ4n) is 4.39. The van der Waals surface area contributed by atoms with Gasteiger partial charge in [0, 0.05) is 6.54 Å². The molecule has 1 aliphatic heterocycles. The largest absolute Gasteiger partial charge is 0.388 e. The summed E-state index contributed by atoms with van der Waals surface area (Å²) in [7, 11) is 0. The maximum atomic E-state index is 14.5. The van der Waals surface area contributed by atoms with Crippen molar-refractivity contribution in [1.29, 1.82) is 0 Å². The number of aryl methyl sites for hydroxylation is 1. The van der Waals surface area contributed by atoms with Gasteiger partial charge in [-0.25, -0.2) is 4.39 Å². The van der Waals surface area contributed by atoms with Gasteiger partial charge in [-0.2, -0.15) is 0 Å². The lowest BCUT2D eigenvalue weighted by atomic mass is 9.93. The van der Waals surface area contributed by atoms with Gasteiger partial charge >= 0.3 is 0 Å². The van der Waals surface area contributed by atoms with Gasteiger partial charge in [0.1, 0.15) is 5.82 Å². The predicted octanol–water partition coefficient (Wildman–Crippen LogP) is 4.55. The number of carbonyl (C=O) groups excluding carboxylic acids is 2. The van der Waals surface area contributed by atoms with Crippen LogP contribution >= 0.6 is 11.6 Å². The summed E-state index contributed by atoms with van der Waals surface area (Å²) >= 11 is 6.06. The number of nitrogens with one attached hydrogen (secondary N) is 1. The topological polar surface area (TPSA) is 69.6 Å². The van der Waals surface area contributed by atoms with E-state index >= 15 is 0 Å². The number of nitrogens with zero attached hydrogens (tertiary/aromatic N) is 1. The Morgan fingerprint density at radius 2 is 2.00 bits per heavy atom. The molecule has 2 amide bonds.